The lowest BCUT2D eigenvalue weighted by atomic mass is 10.2. The highest BCUT2D eigenvalue weighted by molar-refractivity contribution is 9.10. The lowest BCUT2D eigenvalue weighted by Crippen LogP contribution is -2.27. The summed E-state index contributed by atoms with van der Waals surface area (Å²) in [7, 11) is 0. The number of carbonyl (C=O) groups is 2. The van der Waals surface area contributed by atoms with Crippen LogP contribution in [0.3, 0.4) is 0 Å². The molecule has 1 aromatic heterocycles. The maximum absolute atomic E-state index is 12.1. The van der Waals surface area contributed by atoms with Crippen LogP contribution in [0.4, 0.5) is 5.13 Å². The number of esters is 1. The Morgan fingerprint density at radius 2 is 2.16 bits per heavy atom. The normalized spacial score (nSPS) is 15.2. The van der Waals surface area contributed by atoms with Crippen molar-refractivity contribution >= 4 is 56.2 Å². The van der Waals surface area contributed by atoms with E-state index in [0.29, 0.717) is 22.9 Å². The maximum atomic E-state index is 12.1. The number of anilines is 1. The Hall–Kier alpha value is -2.32. The fourth-order valence-corrected chi connectivity index (χ4v) is 3.60. The van der Waals surface area contributed by atoms with Crippen molar-refractivity contribution in [3.63, 3.8) is 0 Å². The molecule has 0 unspecified atom stereocenters. The Morgan fingerprint density at radius 3 is 2.84 bits per heavy atom. The molecule has 6 nitrogen and oxygen atoms in total. The summed E-state index contributed by atoms with van der Waals surface area (Å²) in [6, 6.07) is 7.37. The third kappa shape index (κ3) is 3.69. The van der Waals surface area contributed by atoms with Gasteiger partial charge < -0.3 is 4.74 Å². The number of hydrogen-bond donors (Lipinski definition) is 0. The van der Waals surface area contributed by atoms with Crippen molar-refractivity contribution in [1.29, 1.82) is 0 Å². The molecular formula is C17H14BrN3O3S. The van der Waals surface area contributed by atoms with Crippen LogP contribution in [0.2, 0.25) is 0 Å². The summed E-state index contributed by atoms with van der Waals surface area (Å²) >= 11 is 4.75. The average molecular weight is 420 g/mol. The van der Waals surface area contributed by atoms with Gasteiger partial charge in [-0.2, -0.15) is 0 Å². The van der Waals surface area contributed by atoms with Crippen LogP contribution in [0.5, 0.6) is 0 Å². The molecule has 1 aliphatic heterocycles. The number of hydrogen-bond acceptors (Lipinski definition) is 6. The molecule has 0 spiro atoms. The number of aliphatic imine (C=N–C) groups is 1. The van der Waals surface area contributed by atoms with Crippen LogP contribution in [-0.2, 0) is 14.3 Å². The predicted octanol–water partition coefficient (Wildman–Crippen LogP) is 3.62. The number of aromatic nitrogens is 1. The summed E-state index contributed by atoms with van der Waals surface area (Å²) in [6.07, 6.45) is 1.56. The maximum Gasteiger partial charge on any atom is 0.363 e. The second kappa shape index (κ2) is 7.28. The molecule has 2 heterocycles. The van der Waals surface area contributed by atoms with Gasteiger partial charge in [-0.1, -0.05) is 12.1 Å². The summed E-state index contributed by atoms with van der Waals surface area (Å²) in [4.78, 5) is 33.9. The van der Waals surface area contributed by atoms with Crippen molar-refractivity contribution in [3.05, 3.63) is 51.1 Å². The molecule has 3 rings (SSSR count). The summed E-state index contributed by atoms with van der Waals surface area (Å²) < 4.78 is 6.04. The quantitative estimate of drug-likeness (QED) is 0.560. The standard InChI is InChI=1S/C17H14BrN3O3S/c1-3-21(10(2)22)17-19-11(9-25-17)8-14-16(23)24-15(20-14)12-6-4-5-7-13(12)18/h4-9H,3H2,1-2H3. The predicted molar refractivity (Wildman–Crippen MR) is 101 cm³/mol. The second-order valence-electron chi connectivity index (χ2n) is 5.13. The average Bonchev–Trinajstić information content (AvgIpc) is 3.16. The molecule has 0 aliphatic carbocycles. The smallest absolute Gasteiger partial charge is 0.363 e. The highest BCUT2D eigenvalue weighted by atomic mass is 79.9. The summed E-state index contributed by atoms with van der Waals surface area (Å²) in [5.74, 6) is -0.358. The Bertz CT molecular complexity index is 904. The van der Waals surface area contributed by atoms with Gasteiger partial charge in [-0.05, 0) is 41.1 Å². The number of amides is 1. The van der Waals surface area contributed by atoms with Crippen LogP contribution >= 0.6 is 27.3 Å². The molecular weight excluding hydrogens is 406 g/mol. The molecule has 25 heavy (non-hydrogen) atoms. The Balaban J connectivity index is 1.89. The topological polar surface area (TPSA) is 71.9 Å². The molecule has 0 atom stereocenters. The lowest BCUT2D eigenvalue weighted by molar-refractivity contribution is -0.130. The number of benzene rings is 1. The van der Waals surface area contributed by atoms with Crippen molar-refractivity contribution in [2.24, 2.45) is 4.99 Å². The van der Waals surface area contributed by atoms with Gasteiger partial charge in [-0.25, -0.2) is 14.8 Å². The van der Waals surface area contributed by atoms with Gasteiger partial charge >= 0.3 is 5.97 Å². The Kier molecular flexibility index (Phi) is 5.10. The van der Waals surface area contributed by atoms with E-state index in [-0.39, 0.29) is 17.5 Å². The van der Waals surface area contributed by atoms with Crippen LogP contribution in [0.15, 0.2) is 44.8 Å². The number of ether oxygens (including phenoxy) is 1. The fraction of sp³-hybridized carbons (Fsp3) is 0.176. The van der Waals surface area contributed by atoms with E-state index in [2.05, 4.69) is 25.9 Å². The largest absolute Gasteiger partial charge is 0.402 e. The van der Waals surface area contributed by atoms with Crippen molar-refractivity contribution < 1.29 is 14.3 Å². The minimum atomic E-state index is -0.529. The van der Waals surface area contributed by atoms with Gasteiger partial charge in [0.1, 0.15) is 0 Å². The van der Waals surface area contributed by atoms with Gasteiger partial charge in [-0.3, -0.25) is 9.69 Å². The monoisotopic (exact) mass is 419 g/mol. The van der Waals surface area contributed by atoms with Crippen molar-refractivity contribution in [1.82, 2.24) is 4.98 Å². The van der Waals surface area contributed by atoms with Crippen LogP contribution in [0.1, 0.15) is 25.1 Å². The summed E-state index contributed by atoms with van der Waals surface area (Å²) in [6.45, 7) is 3.90. The molecule has 0 saturated carbocycles. The zero-order valence-corrected chi connectivity index (χ0v) is 15.9. The molecule has 128 valence electrons. The van der Waals surface area contributed by atoms with Crippen molar-refractivity contribution in [2.75, 3.05) is 11.4 Å². The molecule has 1 amide bonds. The zero-order valence-electron chi connectivity index (χ0n) is 13.5. The van der Waals surface area contributed by atoms with Crippen LogP contribution < -0.4 is 4.90 Å². The highest BCUT2D eigenvalue weighted by Crippen LogP contribution is 2.26. The fourth-order valence-electron chi connectivity index (χ4n) is 2.26. The number of cyclic esters (lactones) is 1. The van der Waals surface area contributed by atoms with Gasteiger partial charge in [0, 0.05) is 23.3 Å². The van der Waals surface area contributed by atoms with Gasteiger partial charge in [0.05, 0.1) is 11.3 Å². The van der Waals surface area contributed by atoms with Crippen molar-refractivity contribution in [2.45, 2.75) is 13.8 Å². The minimum absolute atomic E-state index is 0.0782. The molecule has 0 radical (unpaired) electrons. The molecule has 8 heteroatoms. The summed E-state index contributed by atoms with van der Waals surface area (Å²) in [5.41, 5.74) is 1.43. The number of thiazole rings is 1. The third-order valence-electron chi connectivity index (χ3n) is 3.45. The first-order chi connectivity index (χ1) is 12.0. The first kappa shape index (κ1) is 17.5. The van der Waals surface area contributed by atoms with E-state index < -0.39 is 5.97 Å². The minimum Gasteiger partial charge on any atom is -0.402 e. The first-order valence-corrected chi connectivity index (χ1v) is 9.18. The Labute approximate surface area is 157 Å². The number of rotatable bonds is 4. The lowest BCUT2D eigenvalue weighted by Gasteiger charge is -2.14. The highest BCUT2D eigenvalue weighted by Gasteiger charge is 2.25. The van der Waals surface area contributed by atoms with Gasteiger partial charge in [0.25, 0.3) is 0 Å². The summed E-state index contributed by atoms with van der Waals surface area (Å²) in [5, 5.41) is 2.36. The Morgan fingerprint density at radius 1 is 1.40 bits per heavy atom. The van der Waals surface area contributed by atoms with Crippen LogP contribution in [0.25, 0.3) is 6.08 Å². The van der Waals surface area contributed by atoms with E-state index >= 15 is 0 Å². The molecule has 0 N–H and O–H groups in total. The van der Waals surface area contributed by atoms with E-state index in [1.54, 1.807) is 16.4 Å². The van der Waals surface area contributed by atoms with Gasteiger partial charge in [-0.15, -0.1) is 11.3 Å². The van der Waals surface area contributed by atoms with Crippen LogP contribution in [-0.4, -0.2) is 29.3 Å². The molecule has 0 bridgehead atoms. The third-order valence-corrected chi connectivity index (χ3v) is 5.02. The van der Waals surface area contributed by atoms with E-state index in [4.69, 9.17) is 4.74 Å². The molecule has 1 aromatic carbocycles. The van der Waals surface area contributed by atoms with Crippen molar-refractivity contribution in [3.8, 4) is 0 Å². The SMILES string of the molecule is CCN(C(C)=O)c1nc(C=C2N=C(c3ccccc3Br)OC2=O)cs1. The first-order valence-electron chi connectivity index (χ1n) is 7.50. The zero-order chi connectivity index (χ0) is 18.0. The van der Waals surface area contributed by atoms with Gasteiger partial charge in [0.2, 0.25) is 11.8 Å². The molecule has 2 aromatic rings. The van der Waals surface area contributed by atoms with E-state index in [9.17, 15) is 9.59 Å². The molecule has 0 fully saturated rings. The van der Waals surface area contributed by atoms with Crippen LogP contribution in [0, 0.1) is 0 Å². The second-order valence-corrected chi connectivity index (χ2v) is 6.83. The number of nitrogens with zero attached hydrogens (tertiary/aromatic N) is 3. The van der Waals surface area contributed by atoms with E-state index in [0.717, 1.165) is 4.47 Å². The molecule has 0 saturated heterocycles. The number of halogens is 1. The molecule has 1 aliphatic rings. The van der Waals surface area contributed by atoms with E-state index in [1.165, 1.54) is 18.3 Å². The van der Waals surface area contributed by atoms with E-state index in [1.807, 2.05) is 31.2 Å². The number of carbonyl (C=O) groups excluding carboxylic acids is 2. The van der Waals surface area contributed by atoms with Gasteiger partial charge in [0.15, 0.2) is 10.8 Å².